The predicted octanol–water partition coefficient (Wildman–Crippen LogP) is 2.42. The lowest BCUT2D eigenvalue weighted by Gasteiger charge is -2.22. The van der Waals surface area contributed by atoms with Crippen molar-refractivity contribution < 1.29 is 9.53 Å². The standard InChI is InChI=1S/C12H15BBrNO2S/c1-3-17-12(16)15-5-4-8-9(7(2)6-15)10(13)11(14)18-8/h7H,3-6H2,1-2H3. The number of thiophene rings is 1. The van der Waals surface area contributed by atoms with Crippen molar-refractivity contribution in [1.29, 1.82) is 0 Å². The maximum Gasteiger partial charge on any atom is 0.409 e. The van der Waals surface area contributed by atoms with Crippen LogP contribution in [0.2, 0.25) is 0 Å². The molecule has 2 radical (unpaired) electrons. The second kappa shape index (κ2) is 5.65. The molecule has 18 heavy (non-hydrogen) atoms. The average Bonchev–Trinajstić information content (AvgIpc) is 2.51. The van der Waals surface area contributed by atoms with Gasteiger partial charge in [0.2, 0.25) is 0 Å². The summed E-state index contributed by atoms with van der Waals surface area (Å²) in [7, 11) is 6.09. The molecule has 0 saturated carbocycles. The minimum absolute atomic E-state index is 0.225. The second-order valence-electron chi connectivity index (χ2n) is 4.42. The first kappa shape index (κ1) is 13.9. The van der Waals surface area contributed by atoms with Crippen LogP contribution in [0.15, 0.2) is 3.79 Å². The molecule has 3 nitrogen and oxygen atoms in total. The van der Waals surface area contributed by atoms with Gasteiger partial charge >= 0.3 is 6.09 Å². The largest absolute Gasteiger partial charge is 0.450 e. The molecule has 1 amide bonds. The van der Waals surface area contributed by atoms with E-state index in [4.69, 9.17) is 12.6 Å². The van der Waals surface area contributed by atoms with Gasteiger partial charge in [0.05, 0.1) is 10.4 Å². The number of amides is 1. The fourth-order valence-electron chi connectivity index (χ4n) is 2.33. The van der Waals surface area contributed by atoms with Gasteiger partial charge in [-0.25, -0.2) is 4.79 Å². The minimum atomic E-state index is -0.225. The molecule has 1 atom stereocenters. The van der Waals surface area contributed by atoms with E-state index >= 15 is 0 Å². The van der Waals surface area contributed by atoms with Crippen molar-refractivity contribution in [2.75, 3.05) is 19.7 Å². The molecule has 0 aliphatic carbocycles. The Labute approximate surface area is 121 Å². The summed E-state index contributed by atoms with van der Waals surface area (Å²) in [6, 6.07) is 0. The minimum Gasteiger partial charge on any atom is -0.450 e. The Morgan fingerprint density at radius 1 is 1.67 bits per heavy atom. The molecule has 0 N–H and O–H groups in total. The van der Waals surface area contributed by atoms with Crippen molar-refractivity contribution in [1.82, 2.24) is 4.90 Å². The summed E-state index contributed by atoms with van der Waals surface area (Å²) in [5, 5.41) is 0. The zero-order valence-electron chi connectivity index (χ0n) is 10.5. The highest BCUT2D eigenvalue weighted by Crippen LogP contribution is 2.32. The molecule has 1 aromatic heterocycles. The molecule has 0 spiro atoms. The van der Waals surface area contributed by atoms with Gasteiger partial charge in [-0.1, -0.05) is 12.4 Å². The van der Waals surface area contributed by atoms with Crippen LogP contribution in [0.3, 0.4) is 0 Å². The third-order valence-electron chi connectivity index (χ3n) is 3.14. The normalized spacial score (nSPS) is 19.3. The van der Waals surface area contributed by atoms with E-state index in [1.54, 1.807) is 16.2 Å². The monoisotopic (exact) mass is 327 g/mol. The van der Waals surface area contributed by atoms with Crippen LogP contribution >= 0.6 is 27.3 Å². The topological polar surface area (TPSA) is 29.5 Å². The maximum absolute atomic E-state index is 11.8. The first-order chi connectivity index (χ1) is 8.54. The molecule has 1 unspecified atom stereocenters. The smallest absolute Gasteiger partial charge is 0.409 e. The second-order valence-corrected chi connectivity index (χ2v) is 6.85. The van der Waals surface area contributed by atoms with Gasteiger partial charge in [0.15, 0.2) is 0 Å². The van der Waals surface area contributed by atoms with E-state index in [2.05, 4.69) is 22.9 Å². The third-order valence-corrected chi connectivity index (χ3v) is 5.12. The average molecular weight is 328 g/mol. The van der Waals surface area contributed by atoms with Gasteiger partial charge in [0, 0.05) is 18.0 Å². The summed E-state index contributed by atoms with van der Waals surface area (Å²) in [5.41, 5.74) is 2.02. The molecule has 0 saturated heterocycles. The van der Waals surface area contributed by atoms with Gasteiger partial charge < -0.3 is 9.64 Å². The number of hydrogen-bond acceptors (Lipinski definition) is 3. The maximum atomic E-state index is 11.8. The first-order valence-electron chi connectivity index (χ1n) is 6.02. The quantitative estimate of drug-likeness (QED) is 0.741. The summed E-state index contributed by atoms with van der Waals surface area (Å²) in [6.07, 6.45) is 0.621. The molecule has 2 heterocycles. The van der Waals surface area contributed by atoms with E-state index in [0.717, 1.165) is 15.7 Å². The molecule has 96 valence electrons. The lowest BCUT2D eigenvalue weighted by atomic mass is 9.87. The van der Waals surface area contributed by atoms with E-state index in [9.17, 15) is 4.79 Å². The Kier molecular flexibility index (Phi) is 4.38. The number of carbonyl (C=O) groups excluding carboxylic acids is 1. The molecule has 1 aromatic rings. The van der Waals surface area contributed by atoms with Crippen molar-refractivity contribution in [2.45, 2.75) is 26.2 Å². The summed E-state index contributed by atoms with van der Waals surface area (Å²) in [4.78, 5) is 14.8. The fraction of sp³-hybridized carbons (Fsp3) is 0.583. The molecule has 6 heteroatoms. The lowest BCUT2D eigenvalue weighted by molar-refractivity contribution is 0.107. The van der Waals surface area contributed by atoms with Crippen molar-refractivity contribution in [3.63, 3.8) is 0 Å². The van der Waals surface area contributed by atoms with Crippen molar-refractivity contribution >= 4 is 46.7 Å². The van der Waals surface area contributed by atoms with E-state index in [1.165, 1.54) is 10.4 Å². The van der Waals surface area contributed by atoms with Crippen LogP contribution in [0.25, 0.3) is 0 Å². The van der Waals surface area contributed by atoms with Crippen molar-refractivity contribution in [2.24, 2.45) is 0 Å². The van der Waals surface area contributed by atoms with E-state index in [0.29, 0.717) is 19.7 Å². The van der Waals surface area contributed by atoms with Crippen molar-refractivity contribution in [3.8, 4) is 0 Å². The Bertz CT molecular complexity index is 463. The van der Waals surface area contributed by atoms with Crippen LogP contribution in [-0.4, -0.2) is 38.5 Å². The highest BCUT2D eigenvalue weighted by molar-refractivity contribution is 9.11. The molecule has 1 aliphatic rings. The number of carbonyl (C=O) groups is 1. The summed E-state index contributed by atoms with van der Waals surface area (Å²) in [5.74, 6) is 0.245. The van der Waals surface area contributed by atoms with Crippen LogP contribution < -0.4 is 5.46 Å². The predicted molar refractivity (Wildman–Crippen MR) is 78.1 cm³/mol. The molecular formula is C12H15BBrNO2S. The summed E-state index contributed by atoms with van der Waals surface area (Å²) >= 11 is 5.16. The number of nitrogens with zero attached hydrogens (tertiary/aromatic N) is 1. The Morgan fingerprint density at radius 2 is 2.39 bits per heavy atom. The Balaban J connectivity index is 2.20. The fourth-order valence-corrected chi connectivity index (χ4v) is 4.18. The SMILES string of the molecule is [B]c1c(Br)sc2c1C(C)CN(C(=O)OCC)CC2. The number of fused-ring (bicyclic) bond motifs is 1. The van der Waals surface area contributed by atoms with Crippen LogP contribution in [-0.2, 0) is 11.2 Å². The summed E-state index contributed by atoms with van der Waals surface area (Å²) < 4.78 is 6.07. The number of ether oxygens (including phenoxy) is 1. The summed E-state index contributed by atoms with van der Waals surface area (Å²) in [6.45, 7) is 5.71. The van der Waals surface area contributed by atoms with Gasteiger partial charge in [-0.05, 0) is 40.8 Å². The zero-order valence-corrected chi connectivity index (χ0v) is 12.9. The van der Waals surface area contributed by atoms with Crippen LogP contribution in [0.4, 0.5) is 4.79 Å². The Hall–Kier alpha value is -0.485. The van der Waals surface area contributed by atoms with E-state index in [1.807, 2.05) is 6.92 Å². The van der Waals surface area contributed by atoms with Crippen LogP contribution in [0.1, 0.15) is 30.2 Å². The first-order valence-corrected chi connectivity index (χ1v) is 7.63. The van der Waals surface area contributed by atoms with Gasteiger partial charge in [0.25, 0.3) is 0 Å². The van der Waals surface area contributed by atoms with Crippen LogP contribution in [0, 0.1) is 0 Å². The van der Waals surface area contributed by atoms with Crippen LogP contribution in [0.5, 0.6) is 0 Å². The number of halogens is 1. The van der Waals surface area contributed by atoms with E-state index < -0.39 is 0 Å². The lowest BCUT2D eigenvalue weighted by Crippen LogP contribution is -2.35. The molecule has 1 aliphatic heterocycles. The van der Waals surface area contributed by atoms with Crippen molar-refractivity contribution in [3.05, 3.63) is 14.2 Å². The van der Waals surface area contributed by atoms with Gasteiger partial charge in [0.1, 0.15) is 7.85 Å². The van der Waals surface area contributed by atoms with Gasteiger partial charge in [-0.2, -0.15) is 0 Å². The highest BCUT2D eigenvalue weighted by Gasteiger charge is 2.27. The van der Waals surface area contributed by atoms with E-state index in [-0.39, 0.29) is 12.0 Å². The Morgan fingerprint density at radius 3 is 3.06 bits per heavy atom. The molecule has 2 rings (SSSR count). The number of hydrogen-bond donors (Lipinski definition) is 0. The number of rotatable bonds is 1. The third kappa shape index (κ3) is 2.59. The highest BCUT2D eigenvalue weighted by atomic mass is 79.9. The molecular weight excluding hydrogens is 313 g/mol. The molecule has 0 aromatic carbocycles. The zero-order chi connectivity index (χ0) is 13.3. The van der Waals surface area contributed by atoms with Gasteiger partial charge in [-0.15, -0.1) is 11.3 Å². The van der Waals surface area contributed by atoms with Gasteiger partial charge in [-0.3, -0.25) is 0 Å². The molecule has 0 fully saturated rings. The molecule has 0 bridgehead atoms.